The molecule has 1 unspecified atom stereocenters. The number of nitrogens with one attached hydrogen (secondary N) is 2. The molecule has 0 bridgehead atoms. The van der Waals surface area contributed by atoms with Crippen LogP contribution in [0.2, 0.25) is 0 Å². The summed E-state index contributed by atoms with van der Waals surface area (Å²) in [5.41, 5.74) is 0. The molecule has 0 radical (unpaired) electrons. The lowest BCUT2D eigenvalue weighted by Gasteiger charge is -2.32. The first kappa shape index (κ1) is 21.0. The van der Waals surface area contributed by atoms with Crippen LogP contribution in [-0.2, 0) is 4.74 Å². The van der Waals surface area contributed by atoms with Crippen molar-refractivity contribution in [3.63, 3.8) is 0 Å². The third kappa shape index (κ3) is 9.32. The van der Waals surface area contributed by atoms with E-state index in [9.17, 15) is 13.2 Å². The number of aliphatic imine (C=N–C) groups is 1. The molecule has 1 aliphatic heterocycles. The molecule has 142 valence electrons. The molecular weight excluding hydrogens is 321 g/mol. The molecule has 0 amide bonds. The second-order valence-corrected chi connectivity index (χ2v) is 6.38. The Hall–Kier alpha value is -1.02. The molecule has 1 heterocycles. The predicted octanol–water partition coefficient (Wildman–Crippen LogP) is 2.24. The highest BCUT2D eigenvalue weighted by Gasteiger charge is 2.32. The van der Waals surface area contributed by atoms with E-state index >= 15 is 0 Å². The number of hydrogen-bond donors (Lipinski definition) is 2. The van der Waals surface area contributed by atoms with E-state index in [-0.39, 0.29) is 6.04 Å². The second-order valence-electron chi connectivity index (χ2n) is 6.38. The Morgan fingerprint density at radius 3 is 2.54 bits per heavy atom. The van der Waals surface area contributed by atoms with Crippen molar-refractivity contribution in [2.24, 2.45) is 10.9 Å². The maximum atomic E-state index is 12.4. The zero-order chi connectivity index (χ0) is 18.0. The van der Waals surface area contributed by atoms with Gasteiger partial charge in [-0.2, -0.15) is 13.2 Å². The van der Waals surface area contributed by atoms with Crippen LogP contribution in [-0.4, -0.2) is 69.5 Å². The van der Waals surface area contributed by atoms with Crippen LogP contribution < -0.4 is 10.6 Å². The molecule has 1 fully saturated rings. The van der Waals surface area contributed by atoms with Gasteiger partial charge in [-0.3, -0.25) is 9.89 Å². The number of likely N-dealkylation sites (tertiary alicyclic amines) is 1. The van der Waals surface area contributed by atoms with Gasteiger partial charge in [-0.1, -0.05) is 0 Å². The third-order valence-electron chi connectivity index (χ3n) is 4.06. The molecule has 2 N–H and O–H groups in total. The quantitative estimate of drug-likeness (QED) is 0.520. The van der Waals surface area contributed by atoms with E-state index in [0.29, 0.717) is 32.2 Å². The Kier molecular flexibility index (Phi) is 9.43. The summed E-state index contributed by atoms with van der Waals surface area (Å²) < 4.78 is 42.2. The summed E-state index contributed by atoms with van der Waals surface area (Å²) in [4.78, 5) is 6.05. The molecule has 0 saturated carbocycles. The summed E-state index contributed by atoms with van der Waals surface area (Å²) in [6.07, 6.45) is -1.55. The van der Waals surface area contributed by atoms with E-state index in [0.717, 1.165) is 31.8 Å². The zero-order valence-electron chi connectivity index (χ0n) is 15.0. The van der Waals surface area contributed by atoms with E-state index in [1.54, 1.807) is 7.11 Å². The van der Waals surface area contributed by atoms with E-state index in [1.165, 1.54) is 4.90 Å². The van der Waals surface area contributed by atoms with Crippen LogP contribution in [0.5, 0.6) is 0 Å². The van der Waals surface area contributed by atoms with Crippen molar-refractivity contribution in [3.8, 4) is 0 Å². The van der Waals surface area contributed by atoms with Crippen molar-refractivity contribution in [3.05, 3.63) is 0 Å². The van der Waals surface area contributed by atoms with E-state index in [1.807, 2.05) is 13.8 Å². The van der Waals surface area contributed by atoms with Gasteiger partial charge in [0.25, 0.3) is 0 Å². The Morgan fingerprint density at radius 1 is 1.33 bits per heavy atom. The molecule has 0 aliphatic carbocycles. The average molecular weight is 352 g/mol. The van der Waals surface area contributed by atoms with Crippen LogP contribution in [0.4, 0.5) is 13.2 Å². The third-order valence-corrected chi connectivity index (χ3v) is 4.06. The SMILES string of the molecule is CCNC(=NCCC1CCN(CC(F)(F)F)CC1)NC(C)COC. The number of ether oxygens (including phenoxy) is 1. The fourth-order valence-corrected chi connectivity index (χ4v) is 2.89. The number of guanidine groups is 1. The number of rotatable bonds is 8. The van der Waals surface area contributed by atoms with Crippen LogP contribution in [0.3, 0.4) is 0 Å². The van der Waals surface area contributed by atoms with E-state index in [2.05, 4.69) is 15.6 Å². The molecule has 1 rings (SSSR count). The molecule has 0 aromatic rings. The number of hydrogen-bond acceptors (Lipinski definition) is 3. The lowest BCUT2D eigenvalue weighted by atomic mass is 9.93. The maximum Gasteiger partial charge on any atom is 0.401 e. The first-order valence-electron chi connectivity index (χ1n) is 8.67. The number of alkyl halides is 3. The van der Waals surface area contributed by atoms with Crippen LogP contribution in [0.1, 0.15) is 33.1 Å². The maximum absolute atomic E-state index is 12.4. The monoisotopic (exact) mass is 352 g/mol. The van der Waals surface area contributed by atoms with Gasteiger partial charge >= 0.3 is 6.18 Å². The van der Waals surface area contributed by atoms with Crippen LogP contribution >= 0.6 is 0 Å². The summed E-state index contributed by atoms with van der Waals surface area (Å²) in [5, 5.41) is 6.46. The lowest BCUT2D eigenvalue weighted by molar-refractivity contribution is -0.148. The predicted molar refractivity (Wildman–Crippen MR) is 90.3 cm³/mol. The molecular formula is C16H31F3N4O. The fraction of sp³-hybridized carbons (Fsp3) is 0.938. The van der Waals surface area contributed by atoms with Gasteiger partial charge in [0.15, 0.2) is 5.96 Å². The smallest absolute Gasteiger partial charge is 0.383 e. The lowest BCUT2D eigenvalue weighted by Crippen LogP contribution is -2.44. The topological polar surface area (TPSA) is 48.9 Å². The molecule has 0 aromatic carbocycles. The van der Waals surface area contributed by atoms with E-state index < -0.39 is 12.7 Å². The van der Waals surface area contributed by atoms with Gasteiger partial charge in [-0.05, 0) is 52.1 Å². The minimum absolute atomic E-state index is 0.165. The van der Waals surface area contributed by atoms with E-state index in [4.69, 9.17) is 4.74 Å². The molecule has 24 heavy (non-hydrogen) atoms. The molecule has 1 aliphatic rings. The average Bonchev–Trinajstić information content (AvgIpc) is 2.48. The Morgan fingerprint density at radius 2 is 2.00 bits per heavy atom. The largest absolute Gasteiger partial charge is 0.401 e. The van der Waals surface area contributed by atoms with Gasteiger partial charge in [0.1, 0.15) is 0 Å². The van der Waals surface area contributed by atoms with Gasteiger partial charge < -0.3 is 15.4 Å². The van der Waals surface area contributed by atoms with Crippen molar-refractivity contribution in [1.29, 1.82) is 0 Å². The van der Waals surface area contributed by atoms with Crippen LogP contribution in [0.15, 0.2) is 4.99 Å². The molecule has 5 nitrogen and oxygen atoms in total. The van der Waals surface area contributed by atoms with Gasteiger partial charge in [0.05, 0.1) is 13.2 Å². The molecule has 8 heteroatoms. The number of halogens is 3. The summed E-state index contributed by atoms with van der Waals surface area (Å²) in [5.74, 6) is 1.22. The fourth-order valence-electron chi connectivity index (χ4n) is 2.89. The molecule has 0 aromatic heterocycles. The highest BCUT2D eigenvalue weighted by Crippen LogP contribution is 2.24. The Labute approximate surface area is 143 Å². The molecule has 1 atom stereocenters. The van der Waals surface area contributed by atoms with Crippen molar-refractivity contribution < 1.29 is 17.9 Å². The molecule has 1 saturated heterocycles. The van der Waals surface area contributed by atoms with Crippen molar-refractivity contribution in [1.82, 2.24) is 15.5 Å². The Balaban J connectivity index is 2.31. The number of nitrogens with zero attached hydrogens (tertiary/aromatic N) is 2. The summed E-state index contributed by atoms with van der Waals surface area (Å²) >= 11 is 0. The standard InChI is InChI=1S/C16H31F3N4O/c1-4-20-15(22-13(2)11-24-3)21-8-5-14-6-9-23(10-7-14)12-16(17,18)19/h13-14H,4-12H2,1-3H3,(H2,20,21,22). The van der Waals surface area contributed by atoms with Crippen molar-refractivity contribution in [2.75, 3.05) is 46.4 Å². The van der Waals surface area contributed by atoms with Crippen LogP contribution in [0.25, 0.3) is 0 Å². The van der Waals surface area contributed by atoms with Crippen molar-refractivity contribution in [2.45, 2.75) is 45.3 Å². The van der Waals surface area contributed by atoms with Gasteiger partial charge in [0, 0.05) is 26.2 Å². The summed E-state index contributed by atoms with van der Waals surface area (Å²) in [6.45, 7) is 6.35. The summed E-state index contributed by atoms with van der Waals surface area (Å²) in [6, 6.07) is 0.165. The van der Waals surface area contributed by atoms with Gasteiger partial charge in [-0.15, -0.1) is 0 Å². The van der Waals surface area contributed by atoms with Crippen molar-refractivity contribution >= 4 is 5.96 Å². The summed E-state index contributed by atoms with van der Waals surface area (Å²) in [7, 11) is 1.66. The second kappa shape index (κ2) is 10.8. The van der Waals surface area contributed by atoms with Gasteiger partial charge in [-0.25, -0.2) is 0 Å². The number of piperidine rings is 1. The van der Waals surface area contributed by atoms with Crippen LogP contribution in [0, 0.1) is 5.92 Å². The van der Waals surface area contributed by atoms with Gasteiger partial charge in [0.2, 0.25) is 0 Å². The molecule has 0 spiro atoms. The minimum Gasteiger partial charge on any atom is -0.383 e. The normalized spacial score (nSPS) is 19.3. The highest BCUT2D eigenvalue weighted by molar-refractivity contribution is 5.80. The first-order chi connectivity index (χ1) is 11.3. The zero-order valence-corrected chi connectivity index (χ0v) is 15.0. The number of methoxy groups -OCH3 is 1. The first-order valence-corrected chi connectivity index (χ1v) is 8.67. The minimum atomic E-state index is -4.09. The Bertz CT molecular complexity index is 369. The highest BCUT2D eigenvalue weighted by atomic mass is 19.4.